The van der Waals surface area contributed by atoms with Crippen molar-refractivity contribution in [1.29, 1.82) is 0 Å². The van der Waals surface area contributed by atoms with E-state index in [-0.39, 0.29) is 6.54 Å². The molecular weight excluding hydrogens is 226 g/mol. The third kappa shape index (κ3) is 2.36. The maximum absolute atomic E-state index is 11.7. The van der Waals surface area contributed by atoms with Crippen LogP contribution < -0.4 is 0 Å². The van der Waals surface area contributed by atoms with Crippen molar-refractivity contribution in [2.75, 3.05) is 13.7 Å². The van der Waals surface area contributed by atoms with Gasteiger partial charge in [-0.05, 0) is 27.7 Å². The van der Waals surface area contributed by atoms with Gasteiger partial charge in [-0.15, -0.1) is 0 Å². The topological polar surface area (TPSA) is 76.1 Å². The van der Waals surface area contributed by atoms with Crippen LogP contribution in [-0.4, -0.2) is 53.0 Å². The van der Waals surface area contributed by atoms with Gasteiger partial charge in [0.25, 0.3) is 0 Å². The zero-order chi connectivity index (χ0) is 13.4. The molecule has 6 nitrogen and oxygen atoms in total. The van der Waals surface area contributed by atoms with Crippen LogP contribution >= 0.6 is 0 Å². The Morgan fingerprint density at radius 1 is 1.41 bits per heavy atom. The van der Waals surface area contributed by atoms with Crippen LogP contribution in [0.25, 0.3) is 0 Å². The van der Waals surface area contributed by atoms with Gasteiger partial charge in [-0.2, -0.15) is 0 Å². The molecular formula is C11H19NO5. The van der Waals surface area contributed by atoms with Crippen LogP contribution in [0.3, 0.4) is 0 Å². The van der Waals surface area contributed by atoms with Crippen LogP contribution in [0.15, 0.2) is 0 Å². The Labute approximate surface area is 100 Å². The van der Waals surface area contributed by atoms with Gasteiger partial charge in [-0.1, -0.05) is 0 Å². The highest BCUT2D eigenvalue weighted by atomic mass is 16.6. The van der Waals surface area contributed by atoms with E-state index in [1.807, 2.05) is 0 Å². The molecule has 0 aliphatic carbocycles. The normalized spacial score (nSPS) is 28.5. The van der Waals surface area contributed by atoms with Crippen molar-refractivity contribution < 1.29 is 24.2 Å². The quantitative estimate of drug-likeness (QED) is 0.788. The molecule has 6 heteroatoms. The molecule has 1 fully saturated rings. The van der Waals surface area contributed by atoms with Gasteiger partial charge in [0, 0.05) is 7.11 Å². The lowest BCUT2D eigenvalue weighted by Gasteiger charge is -2.51. The Balaban J connectivity index is 2.69. The second-order valence-corrected chi connectivity index (χ2v) is 5.18. The van der Waals surface area contributed by atoms with Crippen LogP contribution in [0.2, 0.25) is 0 Å². The Hall–Kier alpha value is -1.30. The molecule has 17 heavy (non-hydrogen) atoms. The minimum Gasteiger partial charge on any atom is -0.479 e. The molecule has 0 saturated carbocycles. The molecule has 0 aromatic rings. The summed E-state index contributed by atoms with van der Waals surface area (Å²) in [5, 5.41) is 9.08. The smallest absolute Gasteiger partial charge is 0.410 e. The summed E-state index contributed by atoms with van der Waals surface area (Å²) in [5.74, 6) is -1.06. The largest absolute Gasteiger partial charge is 0.479 e. The van der Waals surface area contributed by atoms with Crippen molar-refractivity contribution in [2.45, 2.75) is 44.9 Å². The van der Waals surface area contributed by atoms with E-state index >= 15 is 0 Å². The van der Waals surface area contributed by atoms with Crippen LogP contribution in [0.5, 0.6) is 0 Å². The summed E-state index contributed by atoms with van der Waals surface area (Å²) < 4.78 is 10.2. The molecule has 1 amide bonds. The van der Waals surface area contributed by atoms with Gasteiger partial charge in [0.2, 0.25) is 5.60 Å². The summed E-state index contributed by atoms with van der Waals surface area (Å²) in [4.78, 5) is 24.2. The van der Waals surface area contributed by atoms with Gasteiger partial charge in [0.1, 0.15) is 5.60 Å². The standard InChI is InChI=1S/C11H19NO5/c1-7-11(16-5,8(13)14)6-12(7)9(15)17-10(2,3)4/h7H,6H2,1-5H3,(H,13,14). The Morgan fingerprint density at radius 3 is 2.24 bits per heavy atom. The number of rotatable bonds is 2. The van der Waals surface area contributed by atoms with Gasteiger partial charge >= 0.3 is 12.1 Å². The maximum atomic E-state index is 11.7. The summed E-state index contributed by atoms with van der Waals surface area (Å²) in [6, 6.07) is -0.542. The fourth-order valence-electron chi connectivity index (χ4n) is 1.77. The number of hydrogen-bond donors (Lipinski definition) is 1. The highest BCUT2D eigenvalue weighted by Crippen LogP contribution is 2.33. The number of likely N-dealkylation sites (tertiary alicyclic amines) is 1. The number of amides is 1. The van der Waals surface area contributed by atoms with Gasteiger partial charge in [0.15, 0.2) is 0 Å². The Kier molecular flexibility index (Phi) is 3.38. The zero-order valence-corrected chi connectivity index (χ0v) is 10.8. The molecule has 0 aromatic carbocycles. The molecule has 0 radical (unpaired) electrons. The molecule has 98 valence electrons. The van der Waals surface area contributed by atoms with Crippen molar-refractivity contribution in [3.63, 3.8) is 0 Å². The molecule has 1 aliphatic heterocycles. The third-order valence-corrected chi connectivity index (χ3v) is 2.90. The number of carbonyl (C=O) groups excluding carboxylic acids is 1. The van der Waals surface area contributed by atoms with Crippen molar-refractivity contribution in [3.8, 4) is 0 Å². The fourth-order valence-corrected chi connectivity index (χ4v) is 1.77. The summed E-state index contributed by atoms with van der Waals surface area (Å²) in [6.45, 7) is 6.92. The number of ether oxygens (including phenoxy) is 2. The van der Waals surface area contributed by atoms with E-state index in [2.05, 4.69) is 0 Å². The number of carbonyl (C=O) groups is 2. The number of hydrogen-bond acceptors (Lipinski definition) is 4. The number of nitrogens with zero attached hydrogens (tertiary/aromatic N) is 1. The molecule has 1 saturated heterocycles. The molecule has 2 unspecified atom stereocenters. The summed E-state index contributed by atoms with van der Waals surface area (Å²) in [6.07, 6.45) is -0.515. The number of carboxylic acids is 1. The highest BCUT2D eigenvalue weighted by molar-refractivity contribution is 5.84. The first-order chi connectivity index (χ1) is 7.64. The highest BCUT2D eigenvalue weighted by Gasteiger charge is 2.59. The lowest BCUT2D eigenvalue weighted by Crippen LogP contribution is -2.74. The molecule has 0 aromatic heterocycles. The third-order valence-electron chi connectivity index (χ3n) is 2.90. The molecule has 1 rings (SSSR count). The first-order valence-corrected chi connectivity index (χ1v) is 5.42. The molecule has 1 N–H and O–H groups in total. The van der Waals surface area contributed by atoms with E-state index in [9.17, 15) is 9.59 Å². The van der Waals surface area contributed by atoms with Crippen molar-refractivity contribution in [2.24, 2.45) is 0 Å². The number of aliphatic carboxylic acids is 1. The molecule has 0 spiro atoms. The second-order valence-electron chi connectivity index (χ2n) is 5.18. The summed E-state index contributed by atoms with van der Waals surface area (Å²) in [7, 11) is 1.33. The fraction of sp³-hybridized carbons (Fsp3) is 0.818. The first kappa shape index (κ1) is 13.8. The van der Waals surface area contributed by atoms with E-state index in [4.69, 9.17) is 14.6 Å². The number of carboxylic acid groups (broad SMARTS) is 1. The maximum Gasteiger partial charge on any atom is 0.410 e. The summed E-state index contributed by atoms with van der Waals surface area (Å²) >= 11 is 0. The molecule has 0 bridgehead atoms. The van der Waals surface area contributed by atoms with E-state index in [0.29, 0.717) is 0 Å². The van der Waals surface area contributed by atoms with Crippen LogP contribution in [0, 0.1) is 0 Å². The average Bonchev–Trinajstić information content (AvgIpc) is 2.13. The SMILES string of the molecule is COC1(C(=O)O)CN(C(=O)OC(C)(C)C)C1C. The van der Waals surface area contributed by atoms with Crippen molar-refractivity contribution in [3.05, 3.63) is 0 Å². The van der Waals surface area contributed by atoms with Gasteiger partial charge < -0.3 is 14.6 Å². The summed E-state index contributed by atoms with van der Waals surface area (Å²) in [5.41, 5.74) is -1.90. The van der Waals surface area contributed by atoms with Crippen LogP contribution in [-0.2, 0) is 14.3 Å². The minimum atomic E-state index is -1.31. The first-order valence-electron chi connectivity index (χ1n) is 5.42. The Bertz CT molecular complexity index is 335. The average molecular weight is 245 g/mol. The predicted molar refractivity (Wildman–Crippen MR) is 59.8 cm³/mol. The zero-order valence-electron chi connectivity index (χ0n) is 10.8. The van der Waals surface area contributed by atoms with E-state index in [1.165, 1.54) is 12.0 Å². The van der Waals surface area contributed by atoms with Crippen LogP contribution in [0.1, 0.15) is 27.7 Å². The van der Waals surface area contributed by atoms with Gasteiger partial charge in [0.05, 0.1) is 12.6 Å². The van der Waals surface area contributed by atoms with E-state index in [1.54, 1.807) is 27.7 Å². The molecule has 1 aliphatic rings. The van der Waals surface area contributed by atoms with E-state index < -0.39 is 29.3 Å². The molecule has 2 atom stereocenters. The van der Waals surface area contributed by atoms with Crippen molar-refractivity contribution in [1.82, 2.24) is 4.90 Å². The van der Waals surface area contributed by atoms with E-state index in [0.717, 1.165) is 0 Å². The minimum absolute atomic E-state index is 0.00884. The molecule has 1 heterocycles. The van der Waals surface area contributed by atoms with Crippen LogP contribution in [0.4, 0.5) is 4.79 Å². The Morgan fingerprint density at radius 2 is 1.94 bits per heavy atom. The van der Waals surface area contributed by atoms with Crippen molar-refractivity contribution >= 4 is 12.1 Å². The lowest BCUT2D eigenvalue weighted by molar-refractivity contribution is -0.196. The predicted octanol–water partition coefficient (Wildman–Crippen LogP) is 1.10. The lowest BCUT2D eigenvalue weighted by atomic mass is 9.84. The monoisotopic (exact) mass is 245 g/mol. The van der Waals surface area contributed by atoms with Gasteiger partial charge in [-0.25, -0.2) is 9.59 Å². The van der Waals surface area contributed by atoms with Gasteiger partial charge in [-0.3, -0.25) is 4.90 Å². The second kappa shape index (κ2) is 4.18. The number of methoxy groups -OCH3 is 1.